The molecule has 4 heteroatoms. The number of hydrogen-bond acceptors (Lipinski definition) is 4. The molecule has 0 spiro atoms. The number of benzene rings is 3. The van der Waals surface area contributed by atoms with E-state index in [-0.39, 0.29) is 0 Å². The van der Waals surface area contributed by atoms with Crippen molar-refractivity contribution in [2.45, 2.75) is 20.5 Å². The first-order valence-electron chi connectivity index (χ1n) is 8.95. The third-order valence-electron chi connectivity index (χ3n) is 4.75. The van der Waals surface area contributed by atoms with Gasteiger partial charge in [0.15, 0.2) is 0 Å². The largest absolute Gasteiger partial charge is 0.496 e. The van der Waals surface area contributed by atoms with Gasteiger partial charge in [0, 0.05) is 18.2 Å². The Morgan fingerprint density at radius 3 is 2.41 bits per heavy atom. The summed E-state index contributed by atoms with van der Waals surface area (Å²) < 4.78 is 11.7. The predicted octanol–water partition coefficient (Wildman–Crippen LogP) is 4.87. The number of aryl methyl sites for hydroxylation is 2. The van der Waals surface area contributed by atoms with Crippen molar-refractivity contribution in [3.05, 3.63) is 77.4 Å². The lowest BCUT2D eigenvalue weighted by Gasteiger charge is -2.19. The SMILES string of the molecule is COc1ccccc1-c1cc(OCc2c(C)cccc2N(C)N)ccc1C. The van der Waals surface area contributed by atoms with Gasteiger partial charge >= 0.3 is 0 Å². The van der Waals surface area contributed by atoms with Gasteiger partial charge in [0.1, 0.15) is 18.1 Å². The third kappa shape index (κ3) is 4.07. The number of nitrogens with two attached hydrogens (primary N) is 1. The highest BCUT2D eigenvalue weighted by molar-refractivity contribution is 5.74. The molecule has 4 nitrogen and oxygen atoms in total. The Bertz CT molecular complexity index is 935. The maximum absolute atomic E-state index is 6.13. The van der Waals surface area contributed by atoms with Gasteiger partial charge in [0.25, 0.3) is 0 Å². The van der Waals surface area contributed by atoms with Crippen molar-refractivity contribution in [2.24, 2.45) is 5.84 Å². The van der Waals surface area contributed by atoms with E-state index in [0.717, 1.165) is 39.4 Å². The van der Waals surface area contributed by atoms with Gasteiger partial charge in [-0.2, -0.15) is 0 Å². The number of anilines is 1. The molecule has 0 fully saturated rings. The van der Waals surface area contributed by atoms with E-state index in [1.807, 2.05) is 43.4 Å². The van der Waals surface area contributed by atoms with Gasteiger partial charge in [0.05, 0.1) is 12.8 Å². The second-order valence-corrected chi connectivity index (χ2v) is 6.65. The molecule has 0 amide bonds. The van der Waals surface area contributed by atoms with E-state index >= 15 is 0 Å². The van der Waals surface area contributed by atoms with Crippen LogP contribution in [0.25, 0.3) is 11.1 Å². The maximum atomic E-state index is 6.13. The lowest BCUT2D eigenvalue weighted by Crippen LogP contribution is -2.26. The molecule has 2 N–H and O–H groups in total. The molecule has 0 atom stereocenters. The fourth-order valence-electron chi connectivity index (χ4n) is 3.21. The average Bonchev–Trinajstić information content (AvgIpc) is 2.67. The predicted molar refractivity (Wildman–Crippen MR) is 111 cm³/mol. The monoisotopic (exact) mass is 362 g/mol. The molecule has 27 heavy (non-hydrogen) atoms. The van der Waals surface area contributed by atoms with Crippen LogP contribution >= 0.6 is 0 Å². The molecular weight excluding hydrogens is 336 g/mol. The number of rotatable bonds is 6. The number of hydrazine groups is 1. The van der Waals surface area contributed by atoms with E-state index in [1.54, 1.807) is 12.1 Å². The van der Waals surface area contributed by atoms with Crippen LogP contribution < -0.4 is 20.3 Å². The van der Waals surface area contributed by atoms with E-state index in [0.29, 0.717) is 6.61 Å². The zero-order chi connectivity index (χ0) is 19.4. The van der Waals surface area contributed by atoms with Gasteiger partial charge in [-0.05, 0) is 54.8 Å². The van der Waals surface area contributed by atoms with Crippen LogP contribution in [0.2, 0.25) is 0 Å². The molecule has 3 rings (SSSR count). The van der Waals surface area contributed by atoms with Gasteiger partial charge in [0.2, 0.25) is 0 Å². The molecule has 0 saturated carbocycles. The standard InChI is InChI=1S/C23H26N2O2/c1-16-8-7-10-22(25(3)24)21(16)15-27-18-13-12-17(2)20(14-18)19-9-5-6-11-23(19)26-4/h5-14H,15,24H2,1-4H3. The van der Waals surface area contributed by atoms with E-state index in [4.69, 9.17) is 15.3 Å². The summed E-state index contributed by atoms with van der Waals surface area (Å²) in [6, 6.07) is 20.2. The maximum Gasteiger partial charge on any atom is 0.126 e. The summed E-state index contributed by atoms with van der Waals surface area (Å²) in [7, 11) is 3.53. The van der Waals surface area contributed by atoms with Crippen LogP contribution in [0.1, 0.15) is 16.7 Å². The lowest BCUT2D eigenvalue weighted by molar-refractivity contribution is 0.305. The molecule has 0 bridgehead atoms. The molecule has 0 aliphatic heterocycles. The minimum atomic E-state index is 0.456. The second-order valence-electron chi connectivity index (χ2n) is 6.65. The molecule has 0 radical (unpaired) electrons. The van der Waals surface area contributed by atoms with Crippen molar-refractivity contribution in [3.8, 4) is 22.6 Å². The van der Waals surface area contributed by atoms with E-state index in [9.17, 15) is 0 Å². The summed E-state index contributed by atoms with van der Waals surface area (Å²) in [5.41, 5.74) is 6.54. The normalized spacial score (nSPS) is 10.6. The number of para-hydroxylation sites is 1. The van der Waals surface area contributed by atoms with Crippen LogP contribution in [0.4, 0.5) is 5.69 Å². The van der Waals surface area contributed by atoms with Crippen molar-refractivity contribution < 1.29 is 9.47 Å². The van der Waals surface area contributed by atoms with Crippen molar-refractivity contribution in [2.75, 3.05) is 19.2 Å². The molecule has 3 aromatic rings. The number of ether oxygens (including phenoxy) is 2. The van der Waals surface area contributed by atoms with Gasteiger partial charge in [-0.15, -0.1) is 0 Å². The van der Waals surface area contributed by atoms with Crippen LogP contribution in [0.3, 0.4) is 0 Å². The summed E-state index contributed by atoms with van der Waals surface area (Å²) in [6.07, 6.45) is 0. The summed E-state index contributed by atoms with van der Waals surface area (Å²) in [6.45, 7) is 4.62. The van der Waals surface area contributed by atoms with Crippen molar-refractivity contribution >= 4 is 5.69 Å². The highest BCUT2D eigenvalue weighted by Crippen LogP contribution is 2.34. The molecule has 0 aliphatic rings. The molecule has 0 unspecified atom stereocenters. The van der Waals surface area contributed by atoms with Gasteiger partial charge in [-0.3, -0.25) is 0 Å². The smallest absolute Gasteiger partial charge is 0.126 e. The van der Waals surface area contributed by atoms with Crippen LogP contribution in [-0.4, -0.2) is 14.2 Å². The van der Waals surface area contributed by atoms with Crippen LogP contribution in [0.15, 0.2) is 60.7 Å². The molecule has 3 aromatic carbocycles. The Morgan fingerprint density at radius 2 is 1.67 bits per heavy atom. The minimum Gasteiger partial charge on any atom is -0.496 e. The summed E-state index contributed by atoms with van der Waals surface area (Å²) in [4.78, 5) is 0. The van der Waals surface area contributed by atoms with E-state index in [2.05, 4.69) is 38.1 Å². The van der Waals surface area contributed by atoms with Gasteiger partial charge in [-0.1, -0.05) is 36.4 Å². The van der Waals surface area contributed by atoms with Crippen molar-refractivity contribution in [1.29, 1.82) is 0 Å². The molecule has 0 aromatic heterocycles. The zero-order valence-corrected chi connectivity index (χ0v) is 16.3. The van der Waals surface area contributed by atoms with Crippen LogP contribution in [0, 0.1) is 13.8 Å². The highest BCUT2D eigenvalue weighted by Gasteiger charge is 2.11. The first kappa shape index (κ1) is 18.8. The number of hydrogen-bond donors (Lipinski definition) is 1. The zero-order valence-electron chi connectivity index (χ0n) is 16.3. The lowest BCUT2D eigenvalue weighted by atomic mass is 9.99. The molecule has 0 heterocycles. The Balaban J connectivity index is 1.90. The Kier molecular flexibility index (Phi) is 5.67. The summed E-state index contributed by atoms with van der Waals surface area (Å²) in [5, 5.41) is 1.63. The van der Waals surface area contributed by atoms with Gasteiger partial charge in [-0.25, -0.2) is 5.84 Å². The minimum absolute atomic E-state index is 0.456. The number of nitrogens with zero attached hydrogens (tertiary/aromatic N) is 1. The topological polar surface area (TPSA) is 47.7 Å². The second kappa shape index (κ2) is 8.14. The summed E-state index contributed by atoms with van der Waals surface area (Å²) in [5.74, 6) is 7.63. The quantitative estimate of drug-likeness (QED) is 0.502. The Morgan fingerprint density at radius 1 is 0.889 bits per heavy atom. The first-order chi connectivity index (χ1) is 13.0. The molecule has 0 aliphatic carbocycles. The van der Waals surface area contributed by atoms with Crippen molar-refractivity contribution in [1.82, 2.24) is 0 Å². The Labute approximate surface area is 161 Å². The molecule has 0 saturated heterocycles. The van der Waals surface area contributed by atoms with Crippen molar-refractivity contribution in [3.63, 3.8) is 0 Å². The highest BCUT2D eigenvalue weighted by atomic mass is 16.5. The Hall–Kier alpha value is -2.98. The van der Waals surface area contributed by atoms with Crippen LogP contribution in [0.5, 0.6) is 11.5 Å². The first-order valence-corrected chi connectivity index (χ1v) is 8.95. The third-order valence-corrected chi connectivity index (χ3v) is 4.75. The van der Waals surface area contributed by atoms with Crippen LogP contribution in [-0.2, 0) is 6.61 Å². The van der Waals surface area contributed by atoms with E-state index in [1.165, 1.54) is 5.56 Å². The fraction of sp³-hybridized carbons (Fsp3) is 0.217. The van der Waals surface area contributed by atoms with E-state index < -0.39 is 0 Å². The average molecular weight is 362 g/mol. The fourth-order valence-corrected chi connectivity index (χ4v) is 3.21. The summed E-state index contributed by atoms with van der Waals surface area (Å²) >= 11 is 0. The van der Waals surface area contributed by atoms with Gasteiger partial charge < -0.3 is 14.5 Å². The molecule has 140 valence electrons. The molecular formula is C23H26N2O2. The number of methoxy groups -OCH3 is 1.